The molecule has 1 rings (SSSR count). The highest BCUT2D eigenvalue weighted by Gasteiger charge is 2.12. The van der Waals surface area contributed by atoms with E-state index >= 15 is 0 Å². The van der Waals surface area contributed by atoms with E-state index in [9.17, 15) is 10.1 Å². The third-order valence-electron chi connectivity index (χ3n) is 2.81. The van der Waals surface area contributed by atoms with Crippen LogP contribution in [0.3, 0.4) is 0 Å². The molecular formula is C13H19NO3S. The second-order valence-corrected chi connectivity index (χ2v) is 4.72. The number of nitro benzene ring substituents is 1. The van der Waals surface area contributed by atoms with E-state index in [0.29, 0.717) is 18.3 Å². The van der Waals surface area contributed by atoms with Crippen molar-refractivity contribution in [3.8, 4) is 5.75 Å². The smallest absolute Gasteiger partial charge is 0.273 e. The molecule has 0 saturated carbocycles. The van der Waals surface area contributed by atoms with Crippen molar-refractivity contribution in [1.82, 2.24) is 0 Å². The predicted octanol–water partition coefficient (Wildman–Crippen LogP) is 3.63. The van der Waals surface area contributed by atoms with Crippen molar-refractivity contribution in [1.29, 1.82) is 0 Å². The van der Waals surface area contributed by atoms with E-state index in [0.717, 1.165) is 24.2 Å². The van der Waals surface area contributed by atoms with E-state index in [1.807, 2.05) is 6.92 Å². The normalized spacial score (nSPS) is 12.2. The van der Waals surface area contributed by atoms with Crippen LogP contribution in [-0.4, -0.2) is 17.3 Å². The highest BCUT2D eigenvalue weighted by Crippen LogP contribution is 2.25. The zero-order chi connectivity index (χ0) is 13.5. The van der Waals surface area contributed by atoms with Crippen LogP contribution in [0.5, 0.6) is 5.75 Å². The zero-order valence-electron chi connectivity index (χ0n) is 10.8. The van der Waals surface area contributed by atoms with Gasteiger partial charge in [-0.1, -0.05) is 13.3 Å². The number of nitro groups is 1. The monoisotopic (exact) mass is 269 g/mol. The zero-order valence-corrected chi connectivity index (χ0v) is 11.7. The molecule has 0 amide bonds. The van der Waals surface area contributed by atoms with E-state index in [1.165, 1.54) is 12.1 Å². The highest BCUT2D eigenvalue weighted by atomic mass is 32.1. The molecular weight excluding hydrogens is 250 g/mol. The van der Waals surface area contributed by atoms with Gasteiger partial charge in [0, 0.05) is 12.0 Å². The highest BCUT2D eigenvalue weighted by molar-refractivity contribution is 7.80. The molecule has 0 bridgehead atoms. The molecule has 0 aliphatic rings. The maximum absolute atomic E-state index is 10.7. The number of ether oxygens (including phenoxy) is 1. The molecule has 5 heteroatoms. The summed E-state index contributed by atoms with van der Waals surface area (Å²) < 4.78 is 5.68. The number of nitrogens with zero attached hydrogens (tertiary/aromatic N) is 1. The van der Waals surface area contributed by atoms with Crippen molar-refractivity contribution in [2.75, 3.05) is 12.4 Å². The third-order valence-corrected chi connectivity index (χ3v) is 3.33. The summed E-state index contributed by atoms with van der Waals surface area (Å²) in [6.45, 7) is 4.56. The average molecular weight is 269 g/mol. The van der Waals surface area contributed by atoms with Crippen LogP contribution in [0.25, 0.3) is 0 Å². The fraction of sp³-hybridized carbons (Fsp3) is 0.538. The SMILES string of the molecule is CCCC(CS)COc1cc([N+](=O)[O-])ccc1C. The molecule has 100 valence electrons. The van der Waals surface area contributed by atoms with Crippen molar-refractivity contribution in [2.24, 2.45) is 5.92 Å². The van der Waals surface area contributed by atoms with Gasteiger partial charge in [-0.2, -0.15) is 12.6 Å². The maximum atomic E-state index is 10.7. The third kappa shape index (κ3) is 4.22. The lowest BCUT2D eigenvalue weighted by Crippen LogP contribution is -2.14. The van der Waals surface area contributed by atoms with Crippen LogP contribution in [0.1, 0.15) is 25.3 Å². The van der Waals surface area contributed by atoms with Crippen molar-refractivity contribution in [3.05, 3.63) is 33.9 Å². The Morgan fingerprint density at radius 1 is 1.50 bits per heavy atom. The van der Waals surface area contributed by atoms with Crippen molar-refractivity contribution < 1.29 is 9.66 Å². The van der Waals surface area contributed by atoms with Crippen molar-refractivity contribution >= 4 is 18.3 Å². The largest absolute Gasteiger partial charge is 0.493 e. The number of aryl methyl sites for hydroxylation is 1. The van der Waals surface area contributed by atoms with Crippen LogP contribution < -0.4 is 4.74 Å². The molecule has 4 nitrogen and oxygen atoms in total. The summed E-state index contributed by atoms with van der Waals surface area (Å²) in [6.07, 6.45) is 2.14. The molecule has 0 aliphatic carbocycles. The molecule has 0 saturated heterocycles. The van der Waals surface area contributed by atoms with E-state index in [2.05, 4.69) is 19.6 Å². The first-order chi connectivity index (χ1) is 8.58. The molecule has 0 aromatic heterocycles. The van der Waals surface area contributed by atoms with Gasteiger partial charge in [-0.15, -0.1) is 0 Å². The first-order valence-electron chi connectivity index (χ1n) is 6.07. The summed E-state index contributed by atoms with van der Waals surface area (Å²) >= 11 is 4.29. The second-order valence-electron chi connectivity index (χ2n) is 4.36. The Hall–Kier alpha value is -1.23. The first kappa shape index (κ1) is 14.8. The Bertz CT molecular complexity index is 409. The van der Waals surface area contributed by atoms with Gasteiger partial charge >= 0.3 is 0 Å². The number of hydrogen-bond acceptors (Lipinski definition) is 4. The first-order valence-corrected chi connectivity index (χ1v) is 6.70. The van der Waals surface area contributed by atoms with E-state index in [1.54, 1.807) is 6.07 Å². The molecule has 0 radical (unpaired) electrons. The summed E-state index contributed by atoms with van der Waals surface area (Å²) in [6, 6.07) is 4.68. The Kier molecular flexibility index (Phi) is 5.98. The lowest BCUT2D eigenvalue weighted by Gasteiger charge is -2.15. The summed E-state index contributed by atoms with van der Waals surface area (Å²) in [5, 5.41) is 10.7. The van der Waals surface area contributed by atoms with Gasteiger partial charge in [0.15, 0.2) is 0 Å². The topological polar surface area (TPSA) is 52.4 Å². The van der Waals surface area contributed by atoms with E-state index in [-0.39, 0.29) is 5.69 Å². The number of hydrogen-bond donors (Lipinski definition) is 1. The van der Waals surface area contributed by atoms with Gasteiger partial charge in [-0.25, -0.2) is 0 Å². The Labute approximate surface area is 113 Å². The Morgan fingerprint density at radius 2 is 2.22 bits per heavy atom. The summed E-state index contributed by atoms with van der Waals surface area (Å²) in [4.78, 5) is 10.3. The molecule has 0 fully saturated rings. The van der Waals surface area contributed by atoms with Gasteiger partial charge < -0.3 is 4.74 Å². The Morgan fingerprint density at radius 3 is 2.78 bits per heavy atom. The minimum atomic E-state index is -0.408. The predicted molar refractivity (Wildman–Crippen MR) is 75.6 cm³/mol. The number of thiol groups is 1. The lowest BCUT2D eigenvalue weighted by molar-refractivity contribution is -0.385. The second kappa shape index (κ2) is 7.26. The van der Waals surface area contributed by atoms with Crippen LogP contribution in [0.15, 0.2) is 18.2 Å². The number of rotatable bonds is 7. The average Bonchev–Trinajstić information content (AvgIpc) is 2.35. The quantitative estimate of drug-likeness (QED) is 0.467. The van der Waals surface area contributed by atoms with Gasteiger partial charge in [0.05, 0.1) is 17.6 Å². The summed E-state index contributed by atoms with van der Waals surface area (Å²) in [7, 11) is 0. The van der Waals surface area contributed by atoms with Crippen LogP contribution in [0, 0.1) is 23.0 Å². The van der Waals surface area contributed by atoms with Crippen LogP contribution >= 0.6 is 12.6 Å². The molecule has 1 unspecified atom stereocenters. The maximum Gasteiger partial charge on any atom is 0.273 e. The molecule has 0 spiro atoms. The fourth-order valence-electron chi connectivity index (χ4n) is 1.70. The molecule has 0 N–H and O–H groups in total. The molecule has 18 heavy (non-hydrogen) atoms. The van der Waals surface area contributed by atoms with Gasteiger partial charge in [0.1, 0.15) is 5.75 Å². The number of non-ortho nitro benzene ring substituents is 1. The van der Waals surface area contributed by atoms with E-state index in [4.69, 9.17) is 4.74 Å². The van der Waals surface area contributed by atoms with Crippen LogP contribution in [0.2, 0.25) is 0 Å². The van der Waals surface area contributed by atoms with Gasteiger partial charge in [0.25, 0.3) is 5.69 Å². The molecule has 0 heterocycles. The Balaban J connectivity index is 2.71. The lowest BCUT2D eigenvalue weighted by atomic mass is 10.1. The molecule has 1 aromatic rings. The van der Waals surface area contributed by atoms with Crippen LogP contribution in [-0.2, 0) is 0 Å². The summed E-state index contributed by atoms with van der Waals surface area (Å²) in [5.41, 5.74) is 0.975. The van der Waals surface area contributed by atoms with Crippen molar-refractivity contribution in [2.45, 2.75) is 26.7 Å². The minimum absolute atomic E-state index is 0.0634. The summed E-state index contributed by atoms with van der Waals surface area (Å²) in [5.74, 6) is 1.74. The number of benzene rings is 1. The minimum Gasteiger partial charge on any atom is -0.493 e. The van der Waals surface area contributed by atoms with Crippen LogP contribution in [0.4, 0.5) is 5.69 Å². The molecule has 1 aromatic carbocycles. The fourth-order valence-corrected chi connectivity index (χ4v) is 1.99. The van der Waals surface area contributed by atoms with Gasteiger partial charge in [-0.3, -0.25) is 10.1 Å². The van der Waals surface area contributed by atoms with Gasteiger partial charge in [0.2, 0.25) is 0 Å². The standard InChI is InChI=1S/C13H19NO3S/c1-3-4-11(9-18)8-17-13-7-12(14(15)16)6-5-10(13)2/h5-7,11,18H,3-4,8-9H2,1-2H3. The molecule has 0 aliphatic heterocycles. The van der Waals surface area contributed by atoms with Gasteiger partial charge in [-0.05, 0) is 30.7 Å². The molecule has 1 atom stereocenters. The van der Waals surface area contributed by atoms with Crippen molar-refractivity contribution in [3.63, 3.8) is 0 Å². The van der Waals surface area contributed by atoms with E-state index < -0.39 is 4.92 Å².